The number of carbonyl (C=O) groups is 2. The van der Waals surface area contributed by atoms with Gasteiger partial charge in [-0.15, -0.1) is 0 Å². The van der Waals surface area contributed by atoms with Crippen LogP contribution < -0.4 is 10.6 Å². The Hall–Kier alpha value is -2.83. The van der Waals surface area contributed by atoms with Gasteiger partial charge in [0.1, 0.15) is 22.9 Å². The molecule has 7 heteroatoms. The SMILES string of the molecule is CC(C)(C(=O)NCc1ccc(F)cc1)C(=O)Nc1ccc(F)cc1F. The van der Waals surface area contributed by atoms with E-state index in [1.807, 2.05) is 0 Å². The molecule has 2 N–H and O–H groups in total. The summed E-state index contributed by atoms with van der Waals surface area (Å²) in [5.41, 5.74) is -1.05. The average Bonchev–Trinajstić information content (AvgIpc) is 2.56. The second kappa shape index (κ2) is 7.38. The molecule has 0 aliphatic rings. The predicted molar refractivity (Wildman–Crippen MR) is 87.0 cm³/mol. The van der Waals surface area contributed by atoms with Gasteiger partial charge in [-0.25, -0.2) is 13.2 Å². The molecule has 25 heavy (non-hydrogen) atoms. The van der Waals surface area contributed by atoms with Crippen LogP contribution in [-0.2, 0) is 16.1 Å². The Kier molecular flexibility index (Phi) is 5.46. The van der Waals surface area contributed by atoms with Crippen LogP contribution in [0, 0.1) is 22.9 Å². The van der Waals surface area contributed by atoms with E-state index in [0.717, 1.165) is 12.1 Å². The smallest absolute Gasteiger partial charge is 0.239 e. The molecule has 0 spiro atoms. The van der Waals surface area contributed by atoms with E-state index in [-0.39, 0.29) is 12.2 Å². The van der Waals surface area contributed by atoms with Crippen molar-refractivity contribution in [3.8, 4) is 0 Å². The van der Waals surface area contributed by atoms with E-state index in [1.54, 1.807) is 0 Å². The number of benzene rings is 2. The van der Waals surface area contributed by atoms with Gasteiger partial charge in [0.25, 0.3) is 0 Å². The number of rotatable bonds is 5. The zero-order valence-electron chi connectivity index (χ0n) is 13.7. The molecule has 0 aromatic heterocycles. The molecular weight excluding hydrogens is 333 g/mol. The Bertz CT molecular complexity index is 789. The van der Waals surface area contributed by atoms with E-state index in [1.165, 1.54) is 38.1 Å². The van der Waals surface area contributed by atoms with Gasteiger partial charge in [0.05, 0.1) is 5.69 Å². The maximum absolute atomic E-state index is 13.6. The molecule has 0 unspecified atom stereocenters. The number of halogens is 3. The lowest BCUT2D eigenvalue weighted by atomic mass is 9.90. The van der Waals surface area contributed by atoms with Gasteiger partial charge in [-0.05, 0) is 43.7 Å². The maximum Gasteiger partial charge on any atom is 0.239 e. The minimum absolute atomic E-state index is 0.112. The number of carbonyl (C=O) groups excluding carboxylic acids is 2. The van der Waals surface area contributed by atoms with Crippen molar-refractivity contribution in [2.45, 2.75) is 20.4 Å². The van der Waals surface area contributed by atoms with E-state index >= 15 is 0 Å². The fraction of sp³-hybridized carbons (Fsp3) is 0.222. The predicted octanol–water partition coefficient (Wildman–Crippen LogP) is 3.39. The average molecular weight is 350 g/mol. The van der Waals surface area contributed by atoms with Gasteiger partial charge in [-0.3, -0.25) is 9.59 Å². The minimum Gasteiger partial charge on any atom is -0.351 e. The van der Waals surface area contributed by atoms with Crippen LogP contribution in [0.25, 0.3) is 0 Å². The van der Waals surface area contributed by atoms with E-state index < -0.39 is 34.7 Å². The molecule has 0 aliphatic heterocycles. The zero-order valence-corrected chi connectivity index (χ0v) is 13.7. The Morgan fingerprint density at radius 3 is 2.12 bits per heavy atom. The lowest BCUT2D eigenvalue weighted by molar-refractivity contribution is -0.138. The summed E-state index contributed by atoms with van der Waals surface area (Å²) in [6.45, 7) is 2.87. The van der Waals surface area contributed by atoms with Gasteiger partial charge in [-0.1, -0.05) is 12.1 Å². The van der Waals surface area contributed by atoms with Crippen molar-refractivity contribution < 1.29 is 22.8 Å². The third kappa shape index (κ3) is 4.59. The summed E-state index contributed by atoms with van der Waals surface area (Å²) in [7, 11) is 0. The first kappa shape index (κ1) is 18.5. The normalized spacial score (nSPS) is 11.1. The maximum atomic E-state index is 13.6. The summed E-state index contributed by atoms with van der Waals surface area (Å²) < 4.78 is 39.4. The monoisotopic (exact) mass is 350 g/mol. The third-order valence-corrected chi connectivity index (χ3v) is 3.68. The van der Waals surface area contributed by atoms with Crippen molar-refractivity contribution in [2.24, 2.45) is 5.41 Å². The number of nitrogens with one attached hydrogen (secondary N) is 2. The van der Waals surface area contributed by atoms with Crippen LogP contribution in [0.2, 0.25) is 0 Å². The molecule has 2 rings (SSSR count). The zero-order chi connectivity index (χ0) is 18.6. The van der Waals surface area contributed by atoms with Crippen LogP contribution in [-0.4, -0.2) is 11.8 Å². The largest absolute Gasteiger partial charge is 0.351 e. The summed E-state index contributed by atoms with van der Waals surface area (Å²) in [4.78, 5) is 24.6. The van der Waals surface area contributed by atoms with Crippen LogP contribution >= 0.6 is 0 Å². The first-order chi connectivity index (χ1) is 11.7. The molecule has 0 saturated carbocycles. The molecule has 2 aromatic carbocycles. The van der Waals surface area contributed by atoms with Gasteiger partial charge < -0.3 is 10.6 Å². The lowest BCUT2D eigenvalue weighted by Crippen LogP contribution is -2.45. The van der Waals surface area contributed by atoms with Crippen LogP contribution in [0.15, 0.2) is 42.5 Å². The highest BCUT2D eigenvalue weighted by atomic mass is 19.1. The molecule has 0 aliphatic carbocycles. The Morgan fingerprint density at radius 1 is 0.920 bits per heavy atom. The summed E-state index contributed by atoms with van der Waals surface area (Å²) in [5.74, 6) is -3.43. The topological polar surface area (TPSA) is 58.2 Å². The van der Waals surface area contributed by atoms with Gasteiger partial charge >= 0.3 is 0 Å². The number of amides is 2. The van der Waals surface area contributed by atoms with Crippen molar-refractivity contribution in [3.63, 3.8) is 0 Å². The van der Waals surface area contributed by atoms with Crippen molar-refractivity contribution in [1.82, 2.24) is 5.32 Å². The molecule has 0 atom stereocenters. The van der Waals surface area contributed by atoms with Gasteiger partial charge in [-0.2, -0.15) is 0 Å². The Labute approximate surface area is 143 Å². The highest BCUT2D eigenvalue weighted by Crippen LogP contribution is 2.21. The molecule has 2 amide bonds. The van der Waals surface area contributed by atoms with Crippen molar-refractivity contribution >= 4 is 17.5 Å². The molecule has 0 heterocycles. The molecule has 0 fully saturated rings. The first-order valence-corrected chi connectivity index (χ1v) is 7.49. The summed E-state index contributed by atoms with van der Waals surface area (Å²) in [5, 5.41) is 4.85. The van der Waals surface area contributed by atoms with Gasteiger partial charge in [0.15, 0.2) is 0 Å². The molecule has 0 saturated heterocycles. The van der Waals surface area contributed by atoms with Crippen molar-refractivity contribution in [1.29, 1.82) is 0 Å². The van der Waals surface area contributed by atoms with E-state index in [2.05, 4.69) is 10.6 Å². The fourth-order valence-corrected chi connectivity index (χ4v) is 1.98. The number of hydrogen-bond donors (Lipinski definition) is 2. The van der Waals surface area contributed by atoms with Crippen molar-refractivity contribution in [2.75, 3.05) is 5.32 Å². The Balaban J connectivity index is 2.01. The molecule has 0 radical (unpaired) electrons. The highest BCUT2D eigenvalue weighted by Gasteiger charge is 2.36. The molecule has 2 aromatic rings. The number of anilines is 1. The van der Waals surface area contributed by atoms with Gasteiger partial charge in [0.2, 0.25) is 11.8 Å². The van der Waals surface area contributed by atoms with Crippen LogP contribution in [0.4, 0.5) is 18.9 Å². The van der Waals surface area contributed by atoms with Gasteiger partial charge in [0, 0.05) is 12.6 Å². The fourth-order valence-electron chi connectivity index (χ4n) is 1.98. The summed E-state index contributed by atoms with van der Waals surface area (Å²) in [6, 6.07) is 8.26. The summed E-state index contributed by atoms with van der Waals surface area (Å²) in [6.07, 6.45) is 0. The molecule has 0 bridgehead atoms. The third-order valence-electron chi connectivity index (χ3n) is 3.68. The molecule has 132 valence electrons. The van der Waals surface area contributed by atoms with E-state index in [0.29, 0.717) is 11.6 Å². The standard InChI is InChI=1S/C18H17F3N2O2/c1-18(2,16(24)22-10-11-3-5-12(19)6-4-11)17(25)23-15-8-7-13(20)9-14(15)21/h3-9H,10H2,1-2H3,(H,22,24)(H,23,25). The molecular formula is C18H17F3N2O2. The lowest BCUT2D eigenvalue weighted by Gasteiger charge is -2.23. The Morgan fingerprint density at radius 2 is 1.52 bits per heavy atom. The quantitative estimate of drug-likeness (QED) is 0.812. The highest BCUT2D eigenvalue weighted by molar-refractivity contribution is 6.09. The second-order valence-electron chi connectivity index (χ2n) is 6.01. The minimum atomic E-state index is -1.50. The van der Waals surface area contributed by atoms with Crippen molar-refractivity contribution in [3.05, 3.63) is 65.5 Å². The van der Waals surface area contributed by atoms with Crippen LogP contribution in [0.3, 0.4) is 0 Å². The molecule has 4 nitrogen and oxygen atoms in total. The van der Waals surface area contributed by atoms with Crippen LogP contribution in [0.5, 0.6) is 0 Å². The van der Waals surface area contributed by atoms with Crippen LogP contribution in [0.1, 0.15) is 19.4 Å². The number of hydrogen-bond acceptors (Lipinski definition) is 2. The second-order valence-corrected chi connectivity index (χ2v) is 6.01. The first-order valence-electron chi connectivity index (χ1n) is 7.49. The summed E-state index contributed by atoms with van der Waals surface area (Å²) >= 11 is 0. The van der Waals surface area contributed by atoms with E-state index in [4.69, 9.17) is 0 Å². The van der Waals surface area contributed by atoms with E-state index in [9.17, 15) is 22.8 Å².